The fourth-order valence-electron chi connectivity index (χ4n) is 2.71. The molecule has 2 aromatic rings. The molecule has 0 saturated heterocycles. The van der Waals surface area contributed by atoms with Crippen LogP contribution in [0, 0.1) is 0 Å². The van der Waals surface area contributed by atoms with Crippen LogP contribution in [0.15, 0.2) is 30.3 Å². The van der Waals surface area contributed by atoms with Crippen molar-refractivity contribution in [1.82, 2.24) is 0 Å². The standard InChI is InChI=1S/C19H20O5/c1-19(2,3)24-18(21)11-22-13-5-6-14-12(10-13)4-8-16-15(14)7-9-17(20)23-16/h4-6,8,10H,7,9,11H2,1-3H3. The number of rotatable bonds is 3. The Bertz CT molecular complexity index is 801. The van der Waals surface area contributed by atoms with Crippen LogP contribution in [0.4, 0.5) is 0 Å². The van der Waals surface area contributed by atoms with Crippen molar-refractivity contribution in [1.29, 1.82) is 0 Å². The predicted molar refractivity (Wildman–Crippen MR) is 89.2 cm³/mol. The van der Waals surface area contributed by atoms with Gasteiger partial charge in [-0.2, -0.15) is 0 Å². The van der Waals surface area contributed by atoms with Gasteiger partial charge in [0.25, 0.3) is 0 Å². The molecule has 0 amide bonds. The Morgan fingerprint density at radius 1 is 1.17 bits per heavy atom. The van der Waals surface area contributed by atoms with E-state index in [-0.39, 0.29) is 12.6 Å². The van der Waals surface area contributed by atoms with Crippen LogP contribution in [0.3, 0.4) is 0 Å². The van der Waals surface area contributed by atoms with Crippen LogP contribution in [0.2, 0.25) is 0 Å². The molecular formula is C19H20O5. The first-order chi connectivity index (χ1) is 11.3. The lowest BCUT2D eigenvalue weighted by molar-refractivity contribution is -0.157. The van der Waals surface area contributed by atoms with Gasteiger partial charge in [0, 0.05) is 5.56 Å². The minimum atomic E-state index is -0.527. The third-order valence-electron chi connectivity index (χ3n) is 3.64. The predicted octanol–water partition coefficient (Wildman–Crippen LogP) is 3.41. The maximum atomic E-state index is 11.7. The largest absolute Gasteiger partial charge is 0.482 e. The number of aryl methyl sites for hydroxylation is 1. The first kappa shape index (κ1) is 16.3. The number of esters is 2. The molecule has 0 aromatic heterocycles. The Morgan fingerprint density at radius 3 is 2.71 bits per heavy atom. The molecular weight excluding hydrogens is 308 g/mol. The molecule has 0 aliphatic carbocycles. The van der Waals surface area contributed by atoms with Gasteiger partial charge in [0.2, 0.25) is 0 Å². The van der Waals surface area contributed by atoms with Crippen molar-refractivity contribution in [3.63, 3.8) is 0 Å². The summed E-state index contributed by atoms with van der Waals surface area (Å²) in [5, 5.41) is 2.01. The zero-order valence-corrected chi connectivity index (χ0v) is 14.0. The molecule has 0 bridgehead atoms. The van der Waals surface area contributed by atoms with Crippen molar-refractivity contribution in [2.75, 3.05) is 6.61 Å². The van der Waals surface area contributed by atoms with Gasteiger partial charge in [-0.1, -0.05) is 12.1 Å². The van der Waals surface area contributed by atoms with Crippen molar-refractivity contribution in [2.24, 2.45) is 0 Å². The molecule has 1 aliphatic rings. The minimum Gasteiger partial charge on any atom is -0.482 e. The SMILES string of the molecule is CC(C)(C)OC(=O)COc1ccc2c3c(ccc2c1)OC(=O)CC3. The molecule has 0 unspecified atom stereocenters. The van der Waals surface area contributed by atoms with Crippen molar-refractivity contribution in [2.45, 2.75) is 39.2 Å². The second-order valence-electron chi connectivity index (χ2n) is 6.77. The van der Waals surface area contributed by atoms with E-state index in [0.29, 0.717) is 24.3 Å². The van der Waals surface area contributed by atoms with E-state index in [9.17, 15) is 9.59 Å². The van der Waals surface area contributed by atoms with Crippen LogP contribution in [0.5, 0.6) is 11.5 Å². The average Bonchev–Trinajstić information content (AvgIpc) is 2.50. The Balaban J connectivity index is 1.76. The Morgan fingerprint density at radius 2 is 1.96 bits per heavy atom. The second kappa shape index (κ2) is 6.15. The fourth-order valence-corrected chi connectivity index (χ4v) is 2.71. The van der Waals surface area contributed by atoms with Crippen LogP contribution in [0.25, 0.3) is 10.8 Å². The van der Waals surface area contributed by atoms with E-state index < -0.39 is 11.6 Å². The maximum absolute atomic E-state index is 11.7. The summed E-state index contributed by atoms with van der Waals surface area (Å²) < 4.78 is 16.0. The highest BCUT2D eigenvalue weighted by atomic mass is 16.6. The summed E-state index contributed by atoms with van der Waals surface area (Å²) in [5.41, 5.74) is 0.506. The van der Waals surface area contributed by atoms with Gasteiger partial charge in [0.05, 0.1) is 6.42 Å². The van der Waals surface area contributed by atoms with Crippen LogP contribution >= 0.6 is 0 Å². The smallest absolute Gasteiger partial charge is 0.344 e. The second-order valence-corrected chi connectivity index (χ2v) is 6.77. The number of benzene rings is 2. The molecule has 3 rings (SSSR count). The molecule has 0 fully saturated rings. The van der Waals surface area contributed by atoms with Gasteiger partial charge in [-0.25, -0.2) is 4.79 Å². The summed E-state index contributed by atoms with van der Waals surface area (Å²) in [4.78, 5) is 23.1. The zero-order valence-electron chi connectivity index (χ0n) is 14.0. The van der Waals surface area contributed by atoms with Crippen LogP contribution in [0.1, 0.15) is 32.8 Å². The van der Waals surface area contributed by atoms with Crippen LogP contribution in [-0.2, 0) is 20.7 Å². The van der Waals surface area contributed by atoms with Crippen molar-refractivity contribution in [3.05, 3.63) is 35.9 Å². The van der Waals surface area contributed by atoms with Gasteiger partial charge in [-0.15, -0.1) is 0 Å². The molecule has 5 nitrogen and oxygen atoms in total. The summed E-state index contributed by atoms with van der Waals surface area (Å²) in [6, 6.07) is 9.29. The summed E-state index contributed by atoms with van der Waals surface area (Å²) >= 11 is 0. The third-order valence-corrected chi connectivity index (χ3v) is 3.64. The lowest BCUT2D eigenvalue weighted by atomic mass is 9.98. The molecule has 1 aliphatic heterocycles. The van der Waals surface area contributed by atoms with Crippen molar-refractivity contribution >= 4 is 22.7 Å². The molecule has 0 radical (unpaired) electrons. The van der Waals surface area contributed by atoms with Gasteiger partial charge >= 0.3 is 11.9 Å². The number of fused-ring (bicyclic) bond motifs is 3. The monoisotopic (exact) mass is 328 g/mol. The number of ether oxygens (including phenoxy) is 3. The van der Waals surface area contributed by atoms with E-state index in [4.69, 9.17) is 14.2 Å². The van der Waals surface area contributed by atoms with Crippen LogP contribution in [-0.4, -0.2) is 24.1 Å². The van der Waals surface area contributed by atoms with E-state index in [1.54, 1.807) is 6.07 Å². The number of carbonyl (C=O) groups excluding carboxylic acids is 2. The topological polar surface area (TPSA) is 61.8 Å². The van der Waals surface area contributed by atoms with Crippen molar-refractivity contribution in [3.8, 4) is 11.5 Å². The van der Waals surface area contributed by atoms with Gasteiger partial charge < -0.3 is 14.2 Å². The first-order valence-electron chi connectivity index (χ1n) is 7.93. The maximum Gasteiger partial charge on any atom is 0.344 e. The van der Waals surface area contributed by atoms with Gasteiger partial charge in [-0.05, 0) is 56.2 Å². The Labute approximate surface area is 140 Å². The van der Waals surface area contributed by atoms with E-state index in [1.165, 1.54) is 0 Å². The summed E-state index contributed by atoms with van der Waals surface area (Å²) in [5.74, 6) is 0.626. The first-order valence-corrected chi connectivity index (χ1v) is 7.93. The summed E-state index contributed by atoms with van der Waals surface area (Å²) in [7, 11) is 0. The number of carbonyl (C=O) groups is 2. The molecule has 0 saturated carbocycles. The normalized spacial score (nSPS) is 14.0. The van der Waals surface area contributed by atoms with Gasteiger partial charge in [0.15, 0.2) is 6.61 Å². The zero-order chi connectivity index (χ0) is 17.3. The van der Waals surface area contributed by atoms with Gasteiger partial charge in [-0.3, -0.25) is 4.79 Å². The number of hydrogen-bond acceptors (Lipinski definition) is 5. The molecule has 24 heavy (non-hydrogen) atoms. The molecule has 2 aromatic carbocycles. The third kappa shape index (κ3) is 3.67. The quantitative estimate of drug-likeness (QED) is 0.638. The van der Waals surface area contributed by atoms with E-state index >= 15 is 0 Å². The lowest BCUT2D eigenvalue weighted by Gasteiger charge is -2.20. The highest BCUT2D eigenvalue weighted by molar-refractivity contribution is 5.91. The van der Waals surface area contributed by atoms with Gasteiger partial charge in [0.1, 0.15) is 17.1 Å². The number of hydrogen-bond donors (Lipinski definition) is 0. The Kier molecular flexibility index (Phi) is 4.18. The van der Waals surface area contributed by atoms with E-state index in [1.807, 2.05) is 45.0 Å². The summed E-state index contributed by atoms with van der Waals surface area (Å²) in [6.45, 7) is 5.32. The molecule has 126 valence electrons. The molecule has 0 N–H and O–H groups in total. The van der Waals surface area contributed by atoms with Crippen LogP contribution < -0.4 is 9.47 Å². The van der Waals surface area contributed by atoms with Crippen molar-refractivity contribution < 1.29 is 23.8 Å². The molecule has 5 heteroatoms. The summed E-state index contributed by atoms with van der Waals surface area (Å²) in [6.07, 6.45) is 1.06. The fraction of sp³-hybridized carbons (Fsp3) is 0.368. The molecule has 0 atom stereocenters. The minimum absolute atomic E-state index is 0.134. The highest BCUT2D eigenvalue weighted by Crippen LogP contribution is 2.34. The van der Waals surface area contributed by atoms with E-state index in [2.05, 4.69) is 0 Å². The molecule has 0 spiro atoms. The highest BCUT2D eigenvalue weighted by Gasteiger charge is 2.20. The molecule has 1 heterocycles. The lowest BCUT2D eigenvalue weighted by Crippen LogP contribution is -2.27. The average molecular weight is 328 g/mol. The Hall–Kier alpha value is -2.56. The van der Waals surface area contributed by atoms with E-state index in [0.717, 1.165) is 16.3 Å².